The minimum absolute atomic E-state index is 0.0600. The minimum atomic E-state index is 0.0600. The second kappa shape index (κ2) is 6.37. The molecule has 3 aromatic rings. The van der Waals surface area contributed by atoms with Crippen LogP contribution in [0.3, 0.4) is 0 Å². The van der Waals surface area contributed by atoms with Crippen LogP contribution in [0.15, 0.2) is 24.0 Å². The average molecular weight is 344 g/mol. The zero-order valence-electron chi connectivity index (χ0n) is 13.6. The van der Waals surface area contributed by atoms with Crippen molar-refractivity contribution in [2.45, 2.75) is 25.9 Å². The van der Waals surface area contributed by atoms with Crippen molar-refractivity contribution in [3.8, 4) is 0 Å². The van der Waals surface area contributed by atoms with Crippen LogP contribution in [0.25, 0.3) is 4.96 Å². The molecule has 0 unspecified atom stereocenters. The Labute approximate surface area is 143 Å². The summed E-state index contributed by atoms with van der Waals surface area (Å²) in [4.78, 5) is 29.8. The van der Waals surface area contributed by atoms with E-state index in [0.717, 1.165) is 42.4 Å². The highest BCUT2D eigenvalue weighted by molar-refractivity contribution is 7.15. The Morgan fingerprint density at radius 3 is 2.96 bits per heavy atom. The Morgan fingerprint density at radius 2 is 2.21 bits per heavy atom. The molecule has 0 saturated carbocycles. The number of carbonyl (C=O) groups excluding carboxylic acids is 1. The largest absolute Gasteiger partial charge is 0.348 e. The summed E-state index contributed by atoms with van der Waals surface area (Å²) in [6, 6.07) is 0. The number of amides is 1. The molecule has 1 N–H and O–H groups in total. The van der Waals surface area contributed by atoms with E-state index in [2.05, 4.69) is 19.9 Å². The van der Waals surface area contributed by atoms with Crippen molar-refractivity contribution in [3.63, 3.8) is 0 Å². The number of rotatable bonds is 5. The van der Waals surface area contributed by atoms with E-state index in [0.29, 0.717) is 18.8 Å². The number of hydrogen-bond acceptors (Lipinski definition) is 5. The molecule has 0 aromatic carbocycles. The molecule has 1 amide bonds. The van der Waals surface area contributed by atoms with Crippen LogP contribution < -0.4 is 0 Å². The Bertz CT molecular complexity index is 830. The average Bonchev–Trinajstić information content (AvgIpc) is 3.33. The molecule has 7 nitrogen and oxygen atoms in total. The van der Waals surface area contributed by atoms with Crippen LogP contribution in [0.5, 0.6) is 0 Å². The van der Waals surface area contributed by atoms with Crippen LogP contribution in [-0.2, 0) is 13.1 Å². The van der Waals surface area contributed by atoms with Crippen molar-refractivity contribution >= 4 is 22.2 Å². The summed E-state index contributed by atoms with van der Waals surface area (Å²) >= 11 is 1.56. The number of fused-ring (bicyclic) bond motifs is 1. The molecule has 0 bridgehead atoms. The third-order valence-corrected chi connectivity index (χ3v) is 5.11. The van der Waals surface area contributed by atoms with E-state index in [-0.39, 0.29) is 5.91 Å². The summed E-state index contributed by atoms with van der Waals surface area (Å²) in [5, 5.41) is 2.00. The van der Waals surface area contributed by atoms with Gasteiger partial charge in [0.2, 0.25) is 0 Å². The van der Waals surface area contributed by atoms with Gasteiger partial charge in [0.05, 0.1) is 12.2 Å². The lowest BCUT2D eigenvalue weighted by atomic mass is 10.2. The van der Waals surface area contributed by atoms with Crippen LogP contribution in [0.4, 0.5) is 0 Å². The van der Waals surface area contributed by atoms with Crippen molar-refractivity contribution in [1.82, 2.24) is 29.2 Å². The third kappa shape index (κ3) is 2.83. The fourth-order valence-electron chi connectivity index (χ4n) is 3.18. The fraction of sp³-hybridized carbons (Fsp3) is 0.438. The van der Waals surface area contributed by atoms with Gasteiger partial charge in [-0.2, -0.15) is 0 Å². The Balaban J connectivity index is 1.61. The van der Waals surface area contributed by atoms with Crippen molar-refractivity contribution in [1.29, 1.82) is 0 Å². The lowest BCUT2D eigenvalue weighted by Crippen LogP contribution is -2.30. The molecule has 4 heterocycles. The summed E-state index contributed by atoms with van der Waals surface area (Å²) in [6.45, 7) is 3.02. The molecule has 3 aromatic heterocycles. The van der Waals surface area contributed by atoms with Crippen molar-refractivity contribution in [2.75, 3.05) is 20.1 Å². The number of aromatic nitrogens is 4. The summed E-state index contributed by atoms with van der Waals surface area (Å²) in [7, 11) is 2.03. The number of H-pyrrole nitrogens is 1. The number of nitrogens with one attached hydrogen (secondary N) is 1. The predicted octanol–water partition coefficient (Wildman–Crippen LogP) is 1.99. The van der Waals surface area contributed by atoms with Gasteiger partial charge in [-0.25, -0.2) is 9.97 Å². The standard InChI is InChI=1S/C16H20N6OS/c1-20(11-13-17-4-5-18-13)10-12-14(15(23)21-6-2-3-7-21)19-16-22(12)8-9-24-16/h4-5,8-9H,2-3,6-7,10-11H2,1H3,(H,17,18). The SMILES string of the molecule is CN(Cc1ncc[nH]1)Cc1c(C(=O)N2CCCC2)nc2sccn12. The summed E-state index contributed by atoms with van der Waals surface area (Å²) in [6.07, 6.45) is 7.73. The molecule has 1 aliphatic rings. The molecule has 126 valence electrons. The molecule has 24 heavy (non-hydrogen) atoms. The van der Waals surface area contributed by atoms with Crippen LogP contribution in [0.2, 0.25) is 0 Å². The monoisotopic (exact) mass is 344 g/mol. The van der Waals surface area contributed by atoms with Crippen LogP contribution in [-0.4, -0.2) is 55.2 Å². The van der Waals surface area contributed by atoms with Crippen LogP contribution in [0.1, 0.15) is 34.8 Å². The van der Waals surface area contributed by atoms with Crippen molar-refractivity contribution < 1.29 is 4.79 Å². The normalized spacial score (nSPS) is 15.0. The fourth-order valence-corrected chi connectivity index (χ4v) is 3.91. The molecule has 8 heteroatoms. The third-order valence-electron chi connectivity index (χ3n) is 4.35. The van der Waals surface area contributed by atoms with E-state index in [4.69, 9.17) is 0 Å². The Morgan fingerprint density at radius 1 is 1.38 bits per heavy atom. The van der Waals surface area contributed by atoms with Gasteiger partial charge in [-0.05, 0) is 19.9 Å². The molecule has 1 saturated heterocycles. The van der Waals surface area contributed by atoms with Crippen molar-refractivity contribution in [3.05, 3.63) is 41.2 Å². The first-order valence-electron chi connectivity index (χ1n) is 8.13. The first kappa shape index (κ1) is 15.3. The van der Waals surface area contributed by atoms with Gasteiger partial charge >= 0.3 is 0 Å². The molecule has 0 aliphatic carbocycles. The molecule has 0 radical (unpaired) electrons. The van der Waals surface area contributed by atoms with Gasteiger partial charge in [-0.15, -0.1) is 11.3 Å². The first-order chi connectivity index (χ1) is 11.7. The van der Waals surface area contributed by atoms with Gasteiger partial charge in [0, 0.05) is 43.6 Å². The van der Waals surface area contributed by atoms with Gasteiger partial charge in [0.1, 0.15) is 5.82 Å². The summed E-state index contributed by atoms with van der Waals surface area (Å²) < 4.78 is 2.03. The molecule has 0 spiro atoms. The molecule has 0 atom stereocenters. The van der Waals surface area contributed by atoms with E-state index in [9.17, 15) is 4.79 Å². The van der Waals surface area contributed by atoms with Gasteiger partial charge < -0.3 is 9.88 Å². The highest BCUT2D eigenvalue weighted by Crippen LogP contribution is 2.22. The number of imidazole rings is 2. The van der Waals surface area contributed by atoms with Gasteiger partial charge in [0.25, 0.3) is 5.91 Å². The van der Waals surface area contributed by atoms with Gasteiger partial charge in [0.15, 0.2) is 10.7 Å². The zero-order valence-corrected chi connectivity index (χ0v) is 14.4. The summed E-state index contributed by atoms with van der Waals surface area (Å²) in [5.74, 6) is 0.973. The van der Waals surface area contributed by atoms with Crippen molar-refractivity contribution in [2.24, 2.45) is 0 Å². The van der Waals surface area contributed by atoms with Gasteiger partial charge in [-0.1, -0.05) is 0 Å². The van der Waals surface area contributed by atoms with E-state index < -0.39 is 0 Å². The van der Waals surface area contributed by atoms with E-state index in [1.54, 1.807) is 17.5 Å². The number of nitrogens with zero attached hydrogens (tertiary/aromatic N) is 5. The lowest BCUT2D eigenvalue weighted by molar-refractivity contribution is 0.0785. The topological polar surface area (TPSA) is 69.5 Å². The lowest BCUT2D eigenvalue weighted by Gasteiger charge is -2.18. The summed E-state index contributed by atoms with van der Waals surface area (Å²) in [5.41, 5.74) is 1.55. The number of thiazole rings is 1. The van der Waals surface area contributed by atoms with E-state index in [1.807, 2.05) is 34.1 Å². The number of aromatic amines is 1. The van der Waals surface area contributed by atoms with Crippen LogP contribution >= 0.6 is 11.3 Å². The number of hydrogen-bond donors (Lipinski definition) is 1. The van der Waals surface area contributed by atoms with Crippen LogP contribution in [0, 0.1) is 0 Å². The maximum absolute atomic E-state index is 12.9. The molecule has 1 aliphatic heterocycles. The predicted molar refractivity (Wildman–Crippen MR) is 92.0 cm³/mol. The van der Waals surface area contributed by atoms with E-state index >= 15 is 0 Å². The molecular formula is C16H20N6OS. The highest BCUT2D eigenvalue weighted by Gasteiger charge is 2.26. The molecule has 1 fully saturated rings. The second-order valence-electron chi connectivity index (χ2n) is 6.17. The van der Waals surface area contributed by atoms with E-state index in [1.165, 1.54) is 0 Å². The van der Waals surface area contributed by atoms with Gasteiger partial charge in [-0.3, -0.25) is 14.1 Å². The Kier molecular flexibility index (Phi) is 4.07. The Hall–Kier alpha value is -2.19. The maximum atomic E-state index is 12.9. The maximum Gasteiger partial charge on any atom is 0.274 e. The molecular weight excluding hydrogens is 324 g/mol. The minimum Gasteiger partial charge on any atom is -0.348 e. The quantitative estimate of drug-likeness (QED) is 0.768. The highest BCUT2D eigenvalue weighted by atomic mass is 32.1. The zero-order chi connectivity index (χ0) is 16.5. The number of carbonyl (C=O) groups is 1. The first-order valence-corrected chi connectivity index (χ1v) is 9.01. The molecule has 4 rings (SSSR count). The smallest absolute Gasteiger partial charge is 0.274 e. The second-order valence-corrected chi connectivity index (χ2v) is 7.04. The number of likely N-dealkylation sites (tertiary alicyclic amines) is 1.